The molecule has 0 saturated carbocycles. The average molecular weight is 642 g/mol. The van der Waals surface area contributed by atoms with E-state index in [4.69, 9.17) is 4.43 Å². The van der Waals surface area contributed by atoms with Crippen molar-refractivity contribution in [3.63, 3.8) is 0 Å². The van der Waals surface area contributed by atoms with E-state index in [1.165, 1.54) is 12.1 Å². The van der Waals surface area contributed by atoms with Gasteiger partial charge in [0.2, 0.25) is 15.9 Å². The van der Waals surface area contributed by atoms with E-state index in [2.05, 4.69) is 43.5 Å². The van der Waals surface area contributed by atoms with E-state index in [-0.39, 0.29) is 29.2 Å². The zero-order valence-electron chi connectivity index (χ0n) is 26.3. The van der Waals surface area contributed by atoms with Gasteiger partial charge in [-0.15, -0.1) is 0 Å². The smallest absolute Gasteiger partial charge is 0.413 e. The molecule has 1 saturated heterocycles. The molecular weight excluding hydrogens is 596 g/mol. The fourth-order valence-corrected chi connectivity index (χ4v) is 7.82. The van der Waals surface area contributed by atoms with Gasteiger partial charge >= 0.3 is 6.18 Å². The molecule has 0 bridgehead atoms. The summed E-state index contributed by atoms with van der Waals surface area (Å²) in [5, 5.41) is -0.0485. The highest BCUT2D eigenvalue weighted by Gasteiger charge is 2.39. The molecule has 3 rings (SSSR count). The van der Waals surface area contributed by atoms with Crippen molar-refractivity contribution >= 4 is 29.9 Å². The van der Waals surface area contributed by atoms with Crippen LogP contribution in [0.1, 0.15) is 63.3 Å². The number of nitrogens with zero attached hydrogens (tertiary/aromatic N) is 2. The number of benzene rings is 2. The van der Waals surface area contributed by atoms with Crippen molar-refractivity contribution in [3.8, 4) is 0 Å². The quantitative estimate of drug-likeness (QED) is 0.261. The second-order valence-corrected chi connectivity index (χ2v) is 19.6. The van der Waals surface area contributed by atoms with Gasteiger partial charge in [0.15, 0.2) is 8.32 Å². The monoisotopic (exact) mass is 641 g/mol. The number of carbonyl (C=O) groups is 1. The molecule has 1 N–H and O–H groups in total. The topological polar surface area (TPSA) is 79.0 Å². The lowest BCUT2D eigenvalue weighted by atomic mass is 10.0. The van der Waals surface area contributed by atoms with Crippen molar-refractivity contribution in [1.29, 1.82) is 0 Å². The lowest BCUT2D eigenvalue weighted by molar-refractivity contribution is -0.137. The van der Waals surface area contributed by atoms with Gasteiger partial charge in [-0.1, -0.05) is 45.0 Å². The summed E-state index contributed by atoms with van der Waals surface area (Å²) >= 11 is 0. The van der Waals surface area contributed by atoms with E-state index in [1.54, 1.807) is 37.1 Å². The first-order valence-corrected chi connectivity index (χ1v) is 19.3. The van der Waals surface area contributed by atoms with Crippen molar-refractivity contribution in [2.75, 3.05) is 37.2 Å². The maximum absolute atomic E-state index is 13.4. The Labute approximate surface area is 256 Å². The van der Waals surface area contributed by atoms with E-state index in [0.29, 0.717) is 17.8 Å². The Morgan fingerprint density at radius 2 is 1.67 bits per heavy atom. The first-order valence-electron chi connectivity index (χ1n) is 14.7. The van der Waals surface area contributed by atoms with E-state index in [0.717, 1.165) is 43.6 Å². The summed E-state index contributed by atoms with van der Waals surface area (Å²) < 4.78 is 74.1. The Hall–Kier alpha value is -2.41. The highest BCUT2D eigenvalue weighted by molar-refractivity contribution is 7.92. The predicted octanol–water partition coefficient (Wildman–Crippen LogP) is 6.70. The Kier molecular flexibility index (Phi) is 11.2. The van der Waals surface area contributed by atoms with Gasteiger partial charge in [-0.05, 0) is 86.4 Å². The molecule has 2 aromatic rings. The zero-order valence-corrected chi connectivity index (χ0v) is 28.1. The Balaban J connectivity index is 1.77. The van der Waals surface area contributed by atoms with Gasteiger partial charge in [0.25, 0.3) is 0 Å². The normalized spacial score (nSPS) is 16.6. The third-order valence-electron chi connectivity index (χ3n) is 8.43. The van der Waals surface area contributed by atoms with Crippen LogP contribution in [0.15, 0.2) is 48.5 Å². The fraction of sp³-hybridized carbons (Fsp3) is 0.581. The molecule has 0 radical (unpaired) electrons. The van der Waals surface area contributed by atoms with Gasteiger partial charge in [0, 0.05) is 19.3 Å². The van der Waals surface area contributed by atoms with Crippen LogP contribution in [0.2, 0.25) is 18.1 Å². The molecule has 0 spiro atoms. The standard InChI is InChI=1S/C31H46F3N3O4SSi/c1-23(41-43(6,7)30(2,3)4)22-42(39,40)35-27-12-10-11-25(20-27)28(21-37-17-8-9-18-37)36(5)29(38)19-24-13-15-26(16-14-24)31(32,33)34/h10-16,20,23,28,35H,8-9,17-19,21-22H2,1-7H3/t23?,28-/m1/s1. The van der Waals surface area contributed by atoms with E-state index in [1.807, 2.05) is 6.07 Å². The van der Waals surface area contributed by atoms with Gasteiger partial charge < -0.3 is 14.2 Å². The van der Waals surface area contributed by atoms with Gasteiger partial charge in [0.05, 0.1) is 29.9 Å². The van der Waals surface area contributed by atoms with Crippen LogP contribution in [0.25, 0.3) is 0 Å². The van der Waals surface area contributed by atoms with Gasteiger partial charge in [0.1, 0.15) is 0 Å². The number of rotatable bonds is 12. The molecule has 1 aliphatic heterocycles. The molecule has 1 amide bonds. The minimum absolute atomic E-state index is 0.0485. The Bertz CT molecular complexity index is 1340. The first kappa shape index (κ1) is 35.1. The highest BCUT2D eigenvalue weighted by atomic mass is 32.2. The maximum Gasteiger partial charge on any atom is 0.416 e. The minimum atomic E-state index is -4.44. The highest BCUT2D eigenvalue weighted by Crippen LogP contribution is 2.37. The molecule has 43 heavy (non-hydrogen) atoms. The number of anilines is 1. The molecule has 12 heteroatoms. The summed E-state index contributed by atoms with van der Waals surface area (Å²) in [6, 6.07) is 11.3. The third kappa shape index (κ3) is 10.1. The molecule has 7 nitrogen and oxygen atoms in total. The number of nitrogens with one attached hydrogen (secondary N) is 1. The molecule has 1 fully saturated rings. The SMILES string of the molecule is CC(CS(=O)(=O)Nc1cccc([C@@H](CN2CCCC2)N(C)C(=O)Cc2ccc(C(F)(F)F)cc2)c1)O[Si](C)(C)C(C)(C)C. The fourth-order valence-electron chi connectivity index (χ4n) is 5.00. The second kappa shape index (κ2) is 13.7. The van der Waals surface area contributed by atoms with Crippen LogP contribution in [-0.4, -0.2) is 71.0 Å². The van der Waals surface area contributed by atoms with Crippen molar-refractivity contribution in [1.82, 2.24) is 9.80 Å². The summed E-state index contributed by atoms with van der Waals surface area (Å²) in [4.78, 5) is 17.2. The van der Waals surface area contributed by atoms with Crippen LogP contribution in [0.5, 0.6) is 0 Å². The van der Waals surface area contributed by atoms with Crippen LogP contribution in [0, 0.1) is 0 Å². The summed E-state index contributed by atoms with van der Waals surface area (Å²) in [6.45, 7) is 14.6. The van der Waals surface area contributed by atoms with E-state index < -0.39 is 36.2 Å². The van der Waals surface area contributed by atoms with Gasteiger partial charge in [-0.2, -0.15) is 13.2 Å². The van der Waals surface area contributed by atoms with Crippen LogP contribution in [0.4, 0.5) is 18.9 Å². The van der Waals surface area contributed by atoms with Gasteiger partial charge in [-0.25, -0.2) is 8.42 Å². The predicted molar refractivity (Wildman–Crippen MR) is 168 cm³/mol. The number of hydrogen-bond acceptors (Lipinski definition) is 5. The Morgan fingerprint density at radius 3 is 2.23 bits per heavy atom. The van der Waals surface area contributed by atoms with Crippen LogP contribution in [0.3, 0.4) is 0 Å². The summed E-state index contributed by atoms with van der Waals surface area (Å²) in [6.07, 6.45) is -2.86. The second-order valence-electron chi connectivity index (χ2n) is 13.1. The number of hydrogen-bond donors (Lipinski definition) is 1. The Morgan fingerprint density at radius 1 is 1.07 bits per heavy atom. The van der Waals surface area contributed by atoms with Crippen molar-refractivity contribution < 1.29 is 30.8 Å². The first-order chi connectivity index (χ1) is 19.8. The summed E-state index contributed by atoms with van der Waals surface area (Å²) in [7, 11) is -4.20. The number of alkyl halides is 3. The molecule has 0 aliphatic carbocycles. The molecule has 0 aromatic heterocycles. The summed E-state index contributed by atoms with van der Waals surface area (Å²) in [5.41, 5.74) is 0.887. The van der Waals surface area contributed by atoms with Crippen molar-refractivity contribution in [3.05, 3.63) is 65.2 Å². The number of halogens is 3. The molecule has 1 unspecified atom stereocenters. The van der Waals surface area contributed by atoms with E-state index in [9.17, 15) is 26.4 Å². The largest absolute Gasteiger partial charge is 0.416 e. The van der Waals surface area contributed by atoms with Crippen molar-refractivity contribution in [2.45, 2.75) is 83.4 Å². The molecule has 240 valence electrons. The van der Waals surface area contributed by atoms with Crippen LogP contribution < -0.4 is 4.72 Å². The number of amides is 1. The average Bonchev–Trinajstić information content (AvgIpc) is 3.38. The maximum atomic E-state index is 13.4. The van der Waals surface area contributed by atoms with Gasteiger partial charge in [-0.3, -0.25) is 9.52 Å². The zero-order chi connectivity index (χ0) is 32.2. The molecule has 2 aromatic carbocycles. The third-order valence-corrected chi connectivity index (χ3v) is 14.5. The number of likely N-dealkylation sites (tertiary alicyclic amines) is 1. The molecule has 2 atom stereocenters. The van der Waals surface area contributed by atoms with E-state index >= 15 is 0 Å². The number of carbonyl (C=O) groups excluding carboxylic acids is 1. The summed E-state index contributed by atoms with van der Waals surface area (Å²) in [5.74, 6) is -0.432. The molecular formula is C31H46F3N3O4SSi. The lowest BCUT2D eigenvalue weighted by Gasteiger charge is -2.38. The molecule has 1 heterocycles. The number of sulfonamides is 1. The molecule has 1 aliphatic rings. The lowest BCUT2D eigenvalue weighted by Crippen LogP contribution is -2.45. The minimum Gasteiger partial charge on any atom is -0.413 e. The van der Waals surface area contributed by atoms with Crippen LogP contribution >= 0.6 is 0 Å². The number of likely N-dealkylation sites (N-methyl/N-ethyl adjacent to an activating group) is 1. The van der Waals surface area contributed by atoms with Crippen molar-refractivity contribution in [2.24, 2.45) is 0 Å². The van der Waals surface area contributed by atoms with Crippen LogP contribution in [-0.2, 0) is 31.8 Å².